The van der Waals surface area contributed by atoms with Crippen LogP contribution in [0.2, 0.25) is 0 Å². The molecule has 31 heavy (non-hydrogen) atoms. The molecule has 0 bridgehead atoms. The Labute approximate surface area is 176 Å². The largest absolute Gasteiger partial charge is 0.405 e. The quantitative estimate of drug-likeness (QED) is 0.338. The van der Waals surface area contributed by atoms with Gasteiger partial charge in [0.15, 0.2) is 5.69 Å². The number of halogens is 4. The number of carbonyl (C=O) groups excluding carboxylic acids is 2. The fraction of sp³-hybridized carbons (Fsp3) is 0.400. The van der Waals surface area contributed by atoms with Gasteiger partial charge in [-0.25, -0.2) is 4.68 Å². The van der Waals surface area contributed by atoms with Gasteiger partial charge < -0.3 is 10.6 Å². The van der Waals surface area contributed by atoms with Gasteiger partial charge in [0.2, 0.25) is 0 Å². The number of nitrogens with one attached hydrogen (secondary N) is 2. The molecule has 1 heterocycles. The van der Waals surface area contributed by atoms with E-state index in [1.54, 1.807) is 5.32 Å². The average molecular weight is 439 g/mol. The van der Waals surface area contributed by atoms with Crippen molar-refractivity contribution in [2.75, 3.05) is 19.8 Å². The van der Waals surface area contributed by atoms with Gasteiger partial charge in [-0.3, -0.25) is 14.0 Å². The first kappa shape index (κ1) is 23.9. The molecule has 166 valence electrons. The van der Waals surface area contributed by atoms with Crippen LogP contribution in [0.5, 0.6) is 0 Å². The van der Waals surface area contributed by atoms with Crippen molar-refractivity contribution in [2.45, 2.75) is 31.9 Å². The molecule has 1 aromatic carbocycles. The Morgan fingerprint density at radius 3 is 2.39 bits per heavy atom. The molecule has 11 heteroatoms. The lowest BCUT2D eigenvalue weighted by atomic mass is 10.1. The van der Waals surface area contributed by atoms with Crippen molar-refractivity contribution in [3.05, 3.63) is 41.2 Å². The van der Waals surface area contributed by atoms with E-state index in [9.17, 15) is 27.2 Å². The van der Waals surface area contributed by atoms with Gasteiger partial charge in [-0.1, -0.05) is 17.6 Å². The average Bonchev–Trinajstić information content (AvgIpc) is 3.17. The highest BCUT2D eigenvalue weighted by molar-refractivity contribution is 5.94. The summed E-state index contributed by atoms with van der Waals surface area (Å²) in [4.78, 5) is 24.2. The maximum Gasteiger partial charge on any atom is 0.405 e. The summed E-state index contributed by atoms with van der Waals surface area (Å²) in [6.45, 7) is -1.87. The first-order chi connectivity index (χ1) is 14.8. The number of terminal acetylenes is 1. The molecule has 7 nitrogen and oxygen atoms in total. The molecule has 0 spiro atoms. The Kier molecular flexibility index (Phi) is 8.54. The van der Waals surface area contributed by atoms with Gasteiger partial charge in [0, 0.05) is 5.56 Å². The first-order valence-electron chi connectivity index (χ1n) is 9.44. The summed E-state index contributed by atoms with van der Waals surface area (Å²) in [5.74, 6) is 0.907. The summed E-state index contributed by atoms with van der Waals surface area (Å²) in [6, 6.07) is 5.64. The Hall–Kier alpha value is -3.42. The number of aromatic nitrogens is 3. The van der Waals surface area contributed by atoms with E-state index in [0.717, 1.165) is 0 Å². The van der Waals surface area contributed by atoms with Crippen LogP contribution in [0.15, 0.2) is 24.3 Å². The van der Waals surface area contributed by atoms with E-state index in [1.807, 2.05) is 0 Å². The summed E-state index contributed by atoms with van der Waals surface area (Å²) in [5.41, 5.74) is 1.03. The molecule has 2 aromatic rings. The van der Waals surface area contributed by atoms with Gasteiger partial charge >= 0.3 is 6.18 Å². The van der Waals surface area contributed by atoms with Crippen LogP contribution in [-0.4, -0.2) is 52.7 Å². The van der Waals surface area contributed by atoms with Crippen molar-refractivity contribution in [3.63, 3.8) is 0 Å². The Balaban J connectivity index is 2.23. The molecule has 2 rings (SSSR count). The fourth-order valence-electron chi connectivity index (χ4n) is 2.73. The van der Waals surface area contributed by atoms with Crippen molar-refractivity contribution in [1.82, 2.24) is 25.6 Å². The summed E-state index contributed by atoms with van der Waals surface area (Å²) in [5, 5.41) is 12.2. The third-order valence-electron chi connectivity index (χ3n) is 4.20. The third-order valence-corrected chi connectivity index (χ3v) is 4.20. The minimum Gasteiger partial charge on any atom is -0.343 e. The highest BCUT2D eigenvalue weighted by Crippen LogP contribution is 2.18. The number of carbonyl (C=O) groups is 2. The Morgan fingerprint density at radius 1 is 1.06 bits per heavy atom. The third kappa shape index (κ3) is 7.09. The van der Waals surface area contributed by atoms with Gasteiger partial charge in [-0.15, -0.1) is 11.5 Å². The molecule has 0 aliphatic heterocycles. The fourth-order valence-corrected chi connectivity index (χ4v) is 2.73. The Bertz CT molecular complexity index is 933. The minimum atomic E-state index is -4.51. The molecule has 0 aliphatic carbocycles. The van der Waals surface area contributed by atoms with Gasteiger partial charge in [-0.05, 0) is 43.5 Å². The number of hydrogen-bond donors (Lipinski definition) is 2. The Morgan fingerprint density at radius 2 is 1.77 bits per heavy atom. The standard InChI is InChI=1S/C20H21F4N5O2/c1-2-12-25-19(31)17-16(6-4-3-5-11-21)29(28-27-17)15-9-7-14(8-10-15)18(30)26-13-20(22,23)24/h1,7-10H,3-6,11-13H2,(H,25,31)(H,26,30). The molecule has 2 amide bonds. The molecule has 0 radical (unpaired) electrons. The number of rotatable bonds is 10. The number of unbranched alkanes of at least 4 members (excludes halogenated alkanes) is 2. The number of amides is 2. The lowest BCUT2D eigenvalue weighted by molar-refractivity contribution is -0.123. The zero-order valence-electron chi connectivity index (χ0n) is 16.5. The highest BCUT2D eigenvalue weighted by atomic mass is 19.4. The minimum absolute atomic E-state index is 0.00865. The highest BCUT2D eigenvalue weighted by Gasteiger charge is 2.28. The van der Waals surface area contributed by atoms with E-state index in [-0.39, 0.29) is 17.8 Å². The van der Waals surface area contributed by atoms with Crippen LogP contribution >= 0.6 is 0 Å². The van der Waals surface area contributed by atoms with Crippen molar-refractivity contribution in [1.29, 1.82) is 0 Å². The smallest absolute Gasteiger partial charge is 0.343 e. The monoisotopic (exact) mass is 439 g/mol. The van der Waals surface area contributed by atoms with Crippen LogP contribution in [0.1, 0.15) is 45.8 Å². The van der Waals surface area contributed by atoms with E-state index in [0.29, 0.717) is 37.1 Å². The molecule has 0 saturated carbocycles. The van der Waals surface area contributed by atoms with Crippen molar-refractivity contribution >= 4 is 11.8 Å². The zero-order chi connectivity index (χ0) is 22.9. The molecule has 0 fully saturated rings. The van der Waals surface area contributed by atoms with E-state index >= 15 is 0 Å². The summed E-state index contributed by atoms with van der Waals surface area (Å²) >= 11 is 0. The van der Waals surface area contributed by atoms with Gasteiger partial charge in [0.1, 0.15) is 6.54 Å². The number of alkyl halides is 4. The SMILES string of the molecule is C#CCNC(=O)c1nnn(-c2ccc(C(=O)NCC(F)(F)F)cc2)c1CCCCCF. The lowest BCUT2D eigenvalue weighted by Crippen LogP contribution is -2.33. The molecular formula is C20H21F4N5O2. The van der Waals surface area contributed by atoms with Gasteiger partial charge in [0.25, 0.3) is 11.8 Å². The van der Waals surface area contributed by atoms with Crippen LogP contribution in [0.3, 0.4) is 0 Å². The number of hydrogen-bond acceptors (Lipinski definition) is 4. The molecule has 1 aromatic heterocycles. The molecule has 0 atom stereocenters. The van der Waals surface area contributed by atoms with Crippen LogP contribution in [0.25, 0.3) is 5.69 Å². The molecule has 2 N–H and O–H groups in total. The predicted molar refractivity (Wildman–Crippen MR) is 104 cm³/mol. The van der Waals surface area contributed by atoms with E-state index in [2.05, 4.69) is 21.5 Å². The van der Waals surface area contributed by atoms with Crippen LogP contribution in [0.4, 0.5) is 17.6 Å². The normalized spacial score (nSPS) is 11.1. The van der Waals surface area contributed by atoms with E-state index in [1.165, 1.54) is 28.9 Å². The van der Waals surface area contributed by atoms with Crippen LogP contribution in [-0.2, 0) is 6.42 Å². The first-order valence-corrected chi connectivity index (χ1v) is 9.44. The maximum absolute atomic E-state index is 12.4. The zero-order valence-corrected chi connectivity index (χ0v) is 16.5. The van der Waals surface area contributed by atoms with Crippen LogP contribution < -0.4 is 10.6 Å². The second-order valence-electron chi connectivity index (χ2n) is 6.53. The second-order valence-corrected chi connectivity index (χ2v) is 6.53. The van der Waals surface area contributed by atoms with Gasteiger partial charge in [-0.2, -0.15) is 13.2 Å². The second kappa shape index (κ2) is 11.1. The van der Waals surface area contributed by atoms with Crippen molar-refractivity contribution < 1.29 is 27.2 Å². The van der Waals surface area contributed by atoms with Crippen LogP contribution in [0, 0.1) is 12.3 Å². The number of nitrogens with zero attached hydrogens (tertiary/aromatic N) is 3. The molecule has 0 unspecified atom stereocenters. The topological polar surface area (TPSA) is 88.9 Å². The van der Waals surface area contributed by atoms with Crippen molar-refractivity contribution in [3.8, 4) is 18.0 Å². The van der Waals surface area contributed by atoms with Crippen molar-refractivity contribution in [2.24, 2.45) is 0 Å². The summed E-state index contributed by atoms with van der Waals surface area (Å²) in [6.07, 6.45) is 2.61. The van der Waals surface area contributed by atoms with E-state index < -0.39 is 31.2 Å². The van der Waals surface area contributed by atoms with Gasteiger partial charge in [0.05, 0.1) is 24.6 Å². The molecular weight excluding hydrogens is 418 g/mol. The lowest BCUT2D eigenvalue weighted by Gasteiger charge is -2.10. The molecule has 0 aliphatic rings. The maximum atomic E-state index is 12.4. The van der Waals surface area contributed by atoms with E-state index in [4.69, 9.17) is 6.42 Å². The molecule has 0 saturated heterocycles. The summed E-state index contributed by atoms with van der Waals surface area (Å²) < 4.78 is 50.5. The summed E-state index contributed by atoms with van der Waals surface area (Å²) in [7, 11) is 0. The number of benzene rings is 1. The predicted octanol–water partition coefficient (Wildman–Crippen LogP) is 2.60.